The van der Waals surface area contributed by atoms with Gasteiger partial charge in [-0.2, -0.15) is 18.3 Å². The van der Waals surface area contributed by atoms with Crippen LogP contribution in [0.1, 0.15) is 18.6 Å². The third-order valence-corrected chi connectivity index (χ3v) is 5.39. The van der Waals surface area contributed by atoms with E-state index in [0.29, 0.717) is 28.1 Å². The molecule has 1 aromatic heterocycles. The van der Waals surface area contributed by atoms with Gasteiger partial charge in [0.15, 0.2) is 0 Å². The first-order valence-corrected chi connectivity index (χ1v) is 10.6. The second-order valence-corrected chi connectivity index (χ2v) is 7.79. The third-order valence-electron chi connectivity index (χ3n) is 5.39. The standard InChI is InChI=1S/C25H21F4N3O3/c1-15(31-24(33)25(27,28)29)23(20-5-3-4-6-22(20)34-2)35-19-11-12-21-16(13-19)14-30-32(21)18-9-7-17(26)8-10-18/h3-15,23H,1-2H3,(H,31,33)/t15-,23+/m0/s1. The summed E-state index contributed by atoms with van der Waals surface area (Å²) in [6, 6.07) is 16.6. The number of halogens is 4. The first-order valence-electron chi connectivity index (χ1n) is 10.6. The Kier molecular flexibility index (Phi) is 6.63. The zero-order chi connectivity index (χ0) is 25.2. The van der Waals surface area contributed by atoms with Crippen molar-refractivity contribution in [3.05, 3.63) is 84.3 Å². The molecule has 3 aromatic carbocycles. The number of fused-ring (bicyclic) bond motifs is 1. The fraction of sp³-hybridized carbons (Fsp3) is 0.200. The van der Waals surface area contributed by atoms with Crippen molar-refractivity contribution in [1.82, 2.24) is 15.1 Å². The molecule has 0 aliphatic heterocycles. The average molecular weight is 487 g/mol. The van der Waals surface area contributed by atoms with Crippen LogP contribution < -0.4 is 14.8 Å². The molecule has 6 nitrogen and oxygen atoms in total. The molecule has 0 spiro atoms. The molecular formula is C25H21F4N3O3. The van der Waals surface area contributed by atoms with Crippen LogP contribution in [0.3, 0.4) is 0 Å². The molecule has 1 amide bonds. The zero-order valence-corrected chi connectivity index (χ0v) is 18.7. The van der Waals surface area contributed by atoms with Gasteiger partial charge in [-0.05, 0) is 55.5 Å². The van der Waals surface area contributed by atoms with Crippen molar-refractivity contribution in [2.75, 3.05) is 7.11 Å². The number of carbonyl (C=O) groups excluding carboxylic acids is 1. The van der Waals surface area contributed by atoms with Gasteiger partial charge < -0.3 is 14.8 Å². The number of benzene rings is 3. The van der Waals surface area contributed by atoms with Crippen LogP contribution in [0.4, 0.5) is 17.6 Å². The number of ether oxygens (including phenoxy) is 2. The lowest BCUT2D eigenvalue weighted by Crippen LogP contribution is -2.45. The number of rotatable bonds is 7. The highest BCUT2D eigenvalue weighted by Gasteiger charge is 2.40. The van der Waals surface area contributed by atoms with Crippen LogP contribution in [0.25, 0.3) is 16.6 Å². The van der Waals surface area contributed by atoms with Crippen molar-refractivity contribution in [3.63, 3.8) is 0 Å². The quantitative estimate of drug-likeness (QED) is 0.357. The second-order valence-electron chi connectivity index (χ2n) is 7.79. The van der Waals surface area contributed by atoms with Gasteiger partial charge in [0.25, 0.3) is 0 Å². The summed E-state index contributed by atoms with van der Waals surface area (Å²) < 4.78 is 65.0. The van der Waals surface area contributed by atoms with Gasteiger partial charge in [-0.3, -0.25) is 4.79 Å². The molecule has 1 heterocycles. The lowest BCUT2D eigenvalue weighted by Gasteiger charge is -2.28. The highest BCUT2D eigenvalue weighted by molar-refractivity contribution is 5.82. The van der Waals surface area contributed by atoms with E-state index in [2.05, 4.69) is 5.10 Å². The number of nitrogens with zero attached hydrogens (tertiary/aromatic N) is 2. The maximum Gasteiger partial charge on any atom is 0.471 e. The summed E-state index contributed by atoms with van der Waals surface area (Å²) in [5.74, 6) is -1.68. The molecule has 0 aliphatic carbocycles. The fourth-order valence-electron chi connectivity index (χ4n) is 3.72. The maximum atomic E-state index is 13.3. The summed E-state index contributed by atoms with van der Waals surface area (Å²) in [7, 11) is 1.44. The SMILES string of the molecule is COc1ccccc1[C@H](Oc1ccc2c(cnn2-c2ccc(F)cc2)c1)[C@H](C)NC(=O)C(F)(F)F. The predicted molar refractivity (Wildman–Crippen MR) is 121 cm³/mol. The minimum Gasteiger partial charge on any atom is -0.496 e. The van der Waals surface area contributed by atoms with Crippen molar-refractivity contribution < 1.29 is 31.8 Å². The molecule has 0 saturated carbocycles. The Morgan fingerprint density at radius 1 is 1.06 bits per heavy atom. The van der Waals surface area contributed by atoms with E-state index in [1.165, 1.54) is 26.2 Å². The molecule has 4 aromatic rings. The Balaban J connectivity index is 1.67. The molecule has 10 heteroatoms. The molecule has 182 valence electrons. The maximum absolute atomic E-state index is 13.3. The van der Waals surface area contributed by atoms with Gasteiger partial charge in [-0.1, -0.05) is 18.2 Å². The van der Waals surface area contributed by atoms with E-state index in [9.17, 15) is 22.4 Å². The number of methoxy groups -OCH3 is 1. The van der Waals surface area contributed by atoms with Crippen molar-refractivity contribution in [2.45, 2.75) is 25.2 Å². The number of nitrogens with one attached hydrogen (secondary N) is 1. The minimum atomic E-state index is -5.03. The van der Waals surface area contributed by atoms with E-state index < -0.39 is 24.2 Å². The van der Waals surface area contributed by atoms with Crippen LogP contribution in [0.5, 0.6) is 11.5 Å². The molecule has 4 rings (SSSR count). The largest absolute Gasteiger partial charge is 0.496 e. The molecule has 35 heavy (non-hydrogen) atoms. The fourth-order valence-corrected chi connectivity index (χ4v) is 3.72. The highest BCUT2D eigenvalue weighted by atomic mass is 19.4. The number of carbonyl (C=O) groups is 1. The van der Waals surface area contributed by atoms with Crippen molar-refractivity contribution in [3.8, 4) is 17.2 Å². The van der Waals surface area contributed by atoms with Gasteiger partial charge in [0, 0.05) is 10.9 Å². The lowest BCUT2D eigenvalue weighted by molar-refractivity contribution is -0.174. The summed E-state index contributed by atoms with van der Waals surface area (Å²) in [5.41, 5.74) is 1.84. The second kappa shape index (κ2) is 9.65. The summed E-state index contributed by atoms with van der Waals surface area (Å²) >= 11 is 0. The normalized spacial score (nSPS) is 13.3. The zero-order valence-electron chi connectivity index (χ0n) is 18.7. The number of hydrogen-bond acceptors (Lipinski definition) is 4. The number of aromatic nitrogens is 2. The third kappa shape index (κ3) is 5.21. The lowest BCUT2D eigenvalue weighted by atomic mass is 10.0. The van der Waals surface area contributed by atoms with Crippen LogP contribution >= 0.6 is 0 Å². The van der Waals surface area contributed by atoms with Crippen LogP contribution in [-0.2, 0) is 4.79 Å². The van der Waals surface area contributed by atoms with Gasteiger partial charge in [-0.25, -0.2) is 9.07 Å². The number of para-hydroxylation sites is 1. The monoisotopic (exact) mass is 487 g/mol. The van der Waals surface area contributed by atoms with E-state index in [1.54, 1.807) is 65.5 Å². The topological polar surface area (TPSA) is 65.4 Å². The average Bonchev–Trinajstić information content (AvgIpc) is 3.25. The first-order chi connectivity index (χ1) is 16.7. The van der Waals surface area contributed by atoms with Gasteiger partial charge in [0.2, 0.25) is 0 Å². The molecule has 2 atom stereocenters. The summed E-state index contributed by atoms with van der Waals surface area (Å²) in [5, 5.41) is 7.00. The molecular weight excluding hydrogens is 466 g/mol. The molecule has 1 N–H and O–H groups in total. The Labute approximate surface area is 198 Å². The van der Waals surface area contributed by atoms with Crippen LogP contribution in [-0.4, -0.2) is 35.0 Å². The van der Waals surface area contributed by atoms with E-state index >= 15 is 0 Å². The number of alkyl halides is 3. The minimum absolute atomic E-state index is 0.347. The van der Waals surface area contributed by atoms with Crippen LogP contribution in [0.15, 0.2) is 72.9 Å². The van der Waals surface area contributed by atoms with E-state index in [0.717, 1.165) is 5.52 Å². The predicted octanol–water partition coefficient (Wildman–Crippen LogP) is 5.36. The molecule has 0 bridgehead atoms. The summed E-state index contributed by atoms with van der Waals surface area (Å²) in [6.07, 6.45) is -4.44. The molecule has 0 unspecified atom stereocenters. The van der Waals surface area contributed by atoms with Crippen LogP contribution in [0.2, 0.25) is 0 Å². The van der Waals surface area contributed by atoms with Gasteiger partial charge >= 0.3 is 12.1 Å². The van der Waals surface area contributed by atoms with Crippen molar-refractivity contribution >= 4 is 16.8 Å². The molecule has 0 aliphatic rings. The van der Waals surface area contributed by atoms with E-state index in [4.69, 9.17) is 9.47 Å². The Morgan fingerprint density at radius 3 is 2.46 bits per heavy atom. The summed E-state index contributed by atoms with van der Waals surface area (Å²) in [6.45, 7) is 1.42. The van der Waals surface area contributed by atoms with Crippen LogP contribution in [0, 0.1) is 5.82 Å². The van der Waals surface area contributed by atoms with E-state index in [-0.39, 0.29) is 5.82 Å². The van der Waals surface area contributed by atoms with Gasteiger partial charge in [0.05, 0.1) is 30.6 Å². The Bertz CT molecular complexity index is 1340. The molecule has 0 fully saturated rings. The van der Waals surface area contributed by atoms with Gasteiger partial charge in [-0.15, -0.1) is 0 Å². The Hall–Kier alpha value is -4.08. The molecule has 0 radical (unpaired) electrons. The summed E-state index contributed by atoms with van der Waals surface area (Å²) in [4.78, 5) is 11.6. The highest BCUT2D eigenvalue weighted by Crippen LogP contribution is 2.33. The first kappa shape index (κ1) is 24.1. The molecule has 0 saturated heterocycles. The van der Waals surface area contributed by atoms with Gasteiger partial charge in [0.1, 0.15) is 23.4 Å². The Morgan fingerprint density at radius 2 is 1.77 bits per heavy atom. The van der Waals surface area contributed by atoms with Crippen molar-refractivity contribution in [2.24, 2.45) is 0 Å². The number of amides is 1. The number of hydrogen-bond donors (Lipinski definition) is 1. The smallest absolute Gasteiger partial charge is 0.471 e. The van der Waals surface area contributed by atoms with E-state index in [1.807, 2.05) is 5.32 Å². The van der Waals surface area contributed by atoms with Crippen molar-refractivity contribution in [1.29, 1.82) is 0 Å².